The van der Waals surface area contributed by atoms with E-state index in [0.717, 1.165) is 23.9 Å². The van der Waals surface area contributed by atoms with E-state index in [1.54, 1.807) is 24.3 Å². The maximum absolute atomic E-state index is 13.7. The Labute approximate surface area is 220 Å². The first-order valence-corrected chi connectivity index (χ1v) is 13.2. The number of hydrogen-bond acceptors (Lipinski definition) is 4. The molecule has 7 rings (SSSR count). The van der Waals surface area contributed by atoms with Gasteiger partial charge in [0.15, 0.2) is 0 Å². The summed E-state index contributed by atoms with van der Waals surface area (Å²) in [6, 6.07) is 23.2. The number of H-pyrrole nitrogens is 1. The molecule has 1 aromatic heterocycles. The maximum Gasteiger partial charge on any atom is 0.261 e. The van der Waals surface area contributed by atoms with Crippen LogP contribution >= 0.6 is 0 Å². The third-order valence-corrected chi connectivity index (χ3v) is 8.33. The van der Waals surface area contributed by atoms with E-state index in [9.17, 15) is 14.4 Å². The highest BCUT2D eigenvalue weighted by molar-refractivity contribution is 6.21. The molecule has 3 aliphatic rings. The molecule has 3 aliphatic heterocycles. The minimum atomic E-state index is -0.261. The molecular formula is C31H28N4O3. The van der Waals surface area contributed by atoms with Gasteiger partial charge in [0.1, 0.15) is 0 Å². The molecular weight excluding hydrogens is 476 g/mol. The molecule has 0 saturated carbocycles. The molecule has 0 saturated heterocycles. The number of hydrogen-bond donors (Lipinski definition) is 1. The lowest BCUT2D eigenvalue weighted by Crippen LogP contribution is -2.49. The number of rotatable bonds is 4. The first-order chi connectivity index (χ1) is 18.6. The Hall–Kier alpha value is -4.23. The van der Waals surface area contributed by atoms with Gasteiger partial charge in [-0.15, -0.1) is 0 Å². The number of aromatic amines is 1. The monoisotopic (exact) mass is 504 g/mol. The van der Waals surface area contributed by atoms with Gasteiger partial charge in [-0.1, -0.05) is 54.6 Å². The Kier molecular flexibility index (Phi) is 5.40. The predicted octanol–water partition coefficient (Wildman–Crippen LogP) is 3.95. The van der Waals surface area contributed by atoms with Crippen molar-refractivity contribution in [1.29, 1.82) is 0 Å². The lowest BCUT2D eigenvalue weighted by atomic mass is 9.92. The Bertz CT molecular complexity index is 1570. The van der Waals surface area contributed by atoms with Crippen LogP contribution in [-0.2, 0) is 24.2 Å². The van der Waals surface area contributed by atoms with Gasteiger partial charge >= 0.3 is 0 Å². The van der Waals surface area contributed by atoms with Crippen molar-refractivity contribution in [3.05, 3.63) is 106 Å². The number of carbonyl (C=O) groups is 3. The molecule has 7 heteroatoms. The number of para-hydroxylation sites is 1. The molecule has 4 aromatic rings. The third-order valence-electron chi connectivity index (χ3n) is 8.33. The summed E-state index contributed by atoms with van der Waals surface area (Å²) >= 11 is 0. The second-order valence-corrected chi connectivity index (χ2v) is 10.4. The van der Waals surface area contributed by atoms with Gasteiger partial charge in [0, 0.05) is 54.8 Å². The number of imide groups is 1. The summed E-state index contributed by atoms with van der Waals surface area (Å²) in [5.74, 6) is -0.446. The molecule has 3 amide bonds. The summed E-state index contributed by atoms with van der Waals surface area (Å²) < 4.78 is 0. The zero-order valence-corrected chi connectivity index (χ0v) is 21.0. The number of fused-ring (bicyclic) bond motifs is 5. The average Bonchev–Trinajstić information content (AvgIpc) is 3.44. The van der Waals surface area contributed by atoms with Crippen LogP contribution in [-0.4, -0.2) is 63.6 Å². The third kappa shape index (κ3) is 3.65. The van der Waals surface area contributed by atoms with Crippen molar-refractivity contribution < 1.29 is 14.4 Å². The topological polar surface area (TPSA) is 76.7 Å². The van der Waals surface area contributed by atoms with Crippen LogP contribution in [0.5, 0.6) is 0 Å². The minimum Gasteiger partial charge on any atom is -0.358 e. The van der Waals surface area contributed by atoms with Crippen LogP contribution in [0.4, 0.5) is 0 Å². The molecule has 0 unspecified atom stereocenters. The number of amides is 3. The molecule has 38 heavy (non-hydrogen) atoms. The first-order valence-electron chi connectivity index (χ1n) is 13.2. The van der Waals surface area contributed by atoms with Crippen LogP contribution < -0.4 is 0 Å². The second-order valence-electron chi connectivity index (χ2n) is 10.4. The van der Waals surface area contributed by atoms with Gasteiger partial charge in [-0.25, -0.2) is 0 Å². The predicted molar refractivity (Wildman–Crippen MR) is 144 cm³/mol. The van der Waals surface area contributed by atoms with Gasteiger partial charge in [-0.05, 0) is 35.7 Å². The molecule has 3 aromatic carbocycles. The van der Waals surface area contributed by atoms with Crippen LogP contribution in [0, 0.1) is 0 Å². The van der Waals surface area contributed by atoms with E-state index in [1.165, 1.54) is 27.1 Å². The summed E-state index contributed by atoms with van der Waals surface area (Å²) in [5.41, 5.74) is 6.72. The van der Waals surface area contributed by atoms with Gasteiger partial charge < -0.3 is 9.88 Å². The van der Waals surface area contributed by atoms with E-state index in [0.29, 0.717) is 30.8 Å². The highest BCUT2D eigenvalue weighted by Crippen LogP contribution is 2.34. The number of nitrogens with zero attached hydrogens (tertiary/aromatic N) is 3. The molecule has 0 aliphatic carbocycles. The van der Waals surface area contributed by atoms with Crippen molar-refractivity contribution >= 4 is 28.6 Å². The Balaban J connectivity index is 1.14. The SMILES string of the molecule is O=C(CN1CCc2ccccc2[C@H]1CN1C(=O)c2ccccc2C1=O)N1CCc2[nH]c3ccccc3c2C1. The van der Waals surface area contributed by atoms with Crippen molar-refractivity contribution in [3.63, 3.8) is 0 Å². The Morgan fingerprint density at radius 3 is 2.37 bits per heavy atom. The van der Waals surface area contributed by atoms with E-state index >= 15 is 0 Å². The number of benzene rings is 3. The van der Waals surface area contributed by atoms with Gasteiger partial charge in [-0.3, -0.25) is 24.2 Å². The van der Waals surface area contributed by atoms with E-state index in [-0.39, 0.29) is 36.9 Å². The molecule has 0 bridgehead atoms. The summed E-state index contributed by atoms with van der Waals surface area (Å²) in [6.45, 7) is 2.43. The van der Waals surface area contributed by atoms with E-state index < -0.39 is 0 Å². The standard InChI is InChI=1S/C31H28N4O3/c36-29(34-16-14-27-25(17-34)22-9-5-6-12-26(22)32-27)19-33-15-13-20-7-1-2-8-21(20)28(33)18-35-30(37)23-10-3-4-11-24(23)31(35)38/h1-12,28,32H,13-19H2/t28-/m1/s1. The minimum absolute atomic E-state index is 0.0765. The molecule has 0 fully saturated rings. The first kappa shape index (κ1) is 22.9. The summed E-state index contributed by atoms with van der Waals surface area (Å²) in [4.78, 5) is 49.0. The van der Waals surface area contributed by atoms with Crippen molar-refractivity contribution in [3.8, 4) is 0 Å². The molecule has 0 spiro atoms. The van der Waals surface area contributed by atoms with E-state index in [4.69, 9.17) is 0 Å². The van der Waals surface area contributed by atoms with Gasteiger partial charge in [-0.2, -0.15) is 0 Å². The number of aromatic nitrogens is 1. The fourth-order valence-corrected chi connectivity index (χ4v) is 6.34. The van der Waals surface area contributed by atoms with Crippen molar-refractivity contribution in [2.45, 2.75) is 25.4 Å². The molecule has 1 atom stereocenters. The maximum atomic E-state index is 13.7. The highest BCUT2D eigenvalue weighted by Gasteiger charge is 2.40. The van der Waals surface area contributed by atoms with Gasteiger partial charge in [0.05, 0.1) is 23.7 Å². The second kappa shape index (κ2) is 8.96. The van der Waals surface area contributed by atoms with Crippen molar-refractivity contribution in [2.24, 2.45) is 0 Å². The molecule has 0 radical (unpaired) electrons. The Morgan fingerprint density at radius 2 is 1.55 bits per heavy atom. The van der Waals surface area contributed by atoms with Crippen LogP contribution in [0.15, 0.2) is 72.8 Å². The van der Waals surface area contributed by atoms with E-state index in [2.05, 4.69) is 34.1 Å². The normalized spacial score (nSPS) is 19.0. The van der Waals surface area contributed by atoms with Gasteiger partial charge in [0.2, 0.25) is 5.91 Å². The highest BCUT2D eigenvalue weighted by atomic mass is 16.2. The van der Waals surface area contributed by atoms with E-state index in [1.807, 2.05) is 29.2 Å². The Morgan fingerprint density at radius 1 is 0.842 bits per heavy atom. The molecule has 7 nitrogen and oxygen atoms in total. The van der Waals surface area contributed by atoms with Gasteiger partial charge in [0.25, 0.3) is 11.8 Å². The van der Waals surface area contributed by atoms with Crippen LogP contribution in [0.2, 0.25) is 0 Å². The zero-order valence-electron chi connectivity index (χ0n) is 21.0. The largest absolute Gasteiger partial charge is 0.358 e. The number of carbonyl (C=O) groups excluding carboxylic acids is 3. The molecule has 4 heterocycles. The van der Waals surface area contributed by atoms with Crippen LogP contribution in [0.3, 0.4) is 0 Å². The fraction of sp³-hybridized carbons (Fsp3) is 0.258. The molecule has 190 valence electrons. The lowest BCUT2D eigenvalue weighted by molar-refractivity contribution is -0.134. The molecule has 1 N–H and O–H groups in total. The summed E-state index contributed by atoms with van der Waals surface area (Å²) in [5, 5.41) is 1.18. The van der Waals surface area contributed by atoms with Crippen LogP contribution in [0.1, 0.15) is 49.1 Å². The smallest absolute Gasteiger partial charge is 0.261 e. The fourth-order valence-electron chi connectivity index (χ4n) is 6.34. The van der Waals surface area contributed by atoms with Crippen molar-refractivity contribution in [2.75, 3.05) is 26.2 Å². The lowest BCUT2D eigenvalue weighted by Gasteiger charge is -2.39. The number of nitrogens with one attached hydrogen (secondary N) is 1. The quantitative estimate of drug-likeness (QED) is 0.427. The average molecular weight is 505 g/mol. The van der Waals surface area contributed by atoms with Crippen molar-refractivity contribution in [1.82, 2.24) is 19.7 Å². The summed E-state index contributed by atoms with van der Waals surface area (Å²) in [7, 11) is 0. The zero-order chi connectivity index (χ0) is 25.8. The van der Waals surface area contributed by atoms with Crippen LogP contribution in [0.25, 0.3) is 10.9 Å². The summed E-state index contributed by atoms with van der Waals surface area (Å²) in [6.07, 6.45) is 1.63.